The zero-order chi connectivity index (χ0) is 14.8. The van der Waals surface area contributed by atoms with Crippen molar-refractivity contribution in [2.45, 2.75) is 17.9 Å². The molecule has 108 valence electrons. The second kappa shape index (κ2) is 5.81. The van der Waals surface area contributed by atoms with Gasteiger partial charge in [0.15, 0.2) is 4.90 Å². The fraction of sp³-hybridized carbons (Fsp3) is 0.455. The lowest BCUT2D eigenvalue weighted by atomic mass is 10.3. The molecule has 8 heteroatoms. The number of ether oxygens (including phenoxy) is 1. The molecule has 5 nitrogen and oxygen atoms in total. The van der Waals surface area contributed by atoms with E-state index in [9.17, 15) is 17.2 Å². The Morgan fingerprint density at radius 3 is 2.26 bits per heavy atom. The molecule has 0 bridgehead atoms. The maximum atomic E-state index is 13.7. The number of anilines is 1. The number of hydrogen-bond donors (Lipinski definition) is 1. The first-order chi connectivity index (χ1) is 8.71. The number of nitrogens with two attached hydrogens (primary N) is 1. The molecule has 1 unspecified atom stereocenters. The summed E-state index contributed by atoms with van der Waals surface area (Å²) in [6.07, 6.45) is 0. The van der Waals surface area contributed by atoms with Crippen LogP contribution in [0, 0.1) is 11.6 Å². The van der Waals surface area contributed by atoms with Crippen LogP contribution in [-0.4, -0.2) is 39.5 Å². The molecule has 0 aliphatic heterocycles. The molecule has 0 spiro atoms. The van der Waals surface area contributed by atoms with E-state index >= 15 is 0 Å². The first kappa shape index (κ1) is 15.8. The first-order valence-electron chi connectivity index (χ1n) is 5.43. The monoisotopic (exact) mass is 294 g/mol. The molecule has 1 aromatic carbocycles. The van der Waals surface area contributed by atoms with Crippen LogP contribution < -0.4 is 5.73 Å². The molecule has 0 saturated heterocycles. The van der Waals surface area contributed by atoms with E-state index in [0.29, 0.717) is 0 Å². The standard InChI is InChI=1S/C11H16F2N2O3S/c1-7(6-18-3)15(2)19(16,17)11-9(12)4-8(14)5-10(11)13/h4-5,7H,6,14H2,1-3H3. The predicted molar refractivity (Wildman–Crippen MR) is 67.1 cm³/mol. The van der Waals surface area contributed by atoms with Gasteiger partial charge in [0.2, 0.25) is 10.0 Å². The van der Waals surface area contributed by atoms with Crippen molar-refractivity contribution in [3.8, 4) is 0 Å². The van der Waals surface area contributed by atoms with Gasteiger partial charge in [0, 0.05) is 25.9 Å². The van der Waals surface area contributed by atoms with Gasteiger partial charge in [0.05, 0.1) is 6.61 Å². The second-order valence-electron chi connectivity index (χ2n) is 4.14. The van der Waals surface area contributed by atoms with E-state index < -0.39 is 32.6 Å². The minimum Gasteiger partial charge on any atom is -0.399 e. The molecule has 0 aromatic heterocycles. The highest BCUT2D eigenvalue weighted by atomic mass is 32.2. The normalized spacial score (nSPS) is 13.8. The summed E-state index contributed by atoms with van der Waals surface area (Å²) in [6, 6.07) is 0.974. The summed E-state index contributed by atoms with van der Waals surface area (Å²) in [6.45, 7) is 1.67. The topological polar surface area (TPSA) is 72.6 Å². The summed E-state index contributed by atoms with van der Waals surface area (Å²) in [5.74, 6) is -2.43. The van der Waals surface area contributed by atoms with Crippen molar-refractivity contribution in [3.63, 3.8) is 0 Å². The smallest absolute Gasteiger partial charge is 0.248 e. The van der Waals surface area contributed by atoms with E-state index in [0.717, 1.165) is 16.4 Å². The van der Waals surface area contributed by atoms with E-state index in [1.54, 1.807) is 6.92 Å². The van der Waals surface area contributed by atoms with Gasteiger partial charge in [-0.2, -0.15) is 4.31 Å². The summed E-state index contributed by atoms with van der Waals surface area (Å²) in [7, 11) is -1.66. The average Bonchev–Trinajstić information content (AvgIpc) is 2.26. The van der Waals surface area contributed by atoms with Gasteiger partial charge in [-0.25, -0.2) is 17.2 Å². The lowest BCUT2D eigenvalue weighted by Gasteiger charge is -2.24. The van der Waals surface area contributed by atoms with Crippen molar-refractivity contribution < 1.29 is 21.9 Å². The molecular formula is C11H16F2N2O3S. The molecule has 0 radical (unpaired) electrons. The molecule has 0 heterocycles. The summed E-state index contributed by atoms with van der Waals surface area (Å²) < 4.78 is 57.3. The molecule has 0 amide bonds. The number of sulfonamides is 1. The van der Waals surface area contributed by atoms with Crippen LogP contribution in [0.4, 0.5) is 14.5 Å². The molecule has 1 atom stereocenters. The Morgan fingerprint density at radius 1 is 1.37 bits per heavy atom. The summed E-state index contributed by atoms with van der Waals surface area (Å²) in [4.78, 5) is -1.01. The van der Waals surface area contributed by atoms with Crippen molar-refractivity contribution in [3.05, 3.63) is 23.8 Å². The molecular weight excluding hydrogens is 278 g/mol. The molecule has 1 rings (SSSR count). The van der Waals surface area contributed by atoms with Crippen LogP contribution in [0.1, 0.15) is 6.92 Å². The van der Waals surface area contributed by atoms with Gasteiger partial charge in [-0.3, -0.25) is 0 Å². The van der Waals surface area contributed by atoms with Crippen LogP contribution in [0.15, 0.2) is 17.0 Å². The van der Waals surface area contributed by atoms with Gasteiger partial charge in [-0.1, -0.05) is 0 Å². The molecule has 0 saturated carbocycles. The van der Waals surface area contributed by atoms with Crippen molar-refractivity contribution >= 4 is 15.7 Å². The molecule has 0 fully saturated rings. The lowest BCUT2D eigenvalue weighted by Crippen LogP contribution is -2.38. The first-order valence-corrected chi connectivity index (χ1v) is 6.87. The maximum absolute atomic E-state index is 13.7. The number of hydrogen-bond acceptors (Lipinski definition) is 4. The predicted octanol–water partition coefficient (Wildman–Crippen LogP) is 1.20. The molecule has 0 aliphatic carbocycles. The van der Waals surface area contributed by atoms with Crippen molar-refractivity contribution in [2.75, 3.05) is 26.5 Å². The van der Waals surface area contributed by atoms with E-state index in [1.165, 1.54) is 14.2 Å². The SMILES string of the molecule is COCC(C)N(C)S(=O)(=O)c1c(F)cc(N)cc1F. The van der Waals surface area contributed by atoms with Crippen LogP contribution in [0.25, 0.3) is 0 Å². The van der Waals surface area contributed by atoms with Crippen LogP contribution in [-0.2, 0) is 14.8 Å². The second-order valence-corrected chi connectivity index (χ2v) is 6.07. The number of benzene rings is 1. The number of nitrogens with zero attached hydrogens (tertiary/aromatic N) is 1. The van der Waals surface area contributed by atoms with Gasteiger partial charge >= 0.3 is 0 Å². The Balaban J connectivity index is 3.28. The van der Waals surface area contributed by atoms with E-state index in [4.69, 9.17) is 10.5 Å². The van der Waals surface area contributed by atoms with Crippen LogP contribution in [0.2, 0.25) is 0 Å². The molecule has 19 heavy (non-hydrogen) atoms. The number of halogens is 2. The molecule has 2 N–H and O–H groups in total. The van der Waals surface area contributed by atoms with Crippen molar-refractivity contribution in [1.29, 1.82) is 0 Å². The van der Waals surface area contributed by atoms with E-state index in [-0.39, 0.29) is 12.3 Å². The number of rotatable bonds is 5. The number of methoxy groups -OCH3 is 1. The van der Waals surface area contributed by atoms with Crippen LogP contribution in [0.5, 0.6) is 0 Å². The Bertz CT molecular complexity index is 540. The molecule has 0 aliphatic rings. The lowest BCUT2D eigenvalue weighted by molar-refractivity contribution is 0.149. The minimum absolute atomic E-state index is 0.105. The largest absolute Gasteiger partial charge is 0.399 e. The van der Waals surface area contributed by atoms with E-state index in [1.807, 2.05) is 0 Å². The number of nitrogen functional groups attached to an aromatic ring is 1. The van der Waals surface area contributed by atoms with Gasteiger partial charge in [-0.05, 0) is 19.1 Å². The fourth-order valence-electron chi connectivity index (χ4n) is 1.55. The minimum atomic E-state index is -4.29. The van der Waals surface area contributed by atoms with Gasteiger partial charge in [-0.15, -0.1) is 0 Å². The zero-order valence-corrected chi connectivity index (χ0v) is 11.7. The van der Waals surface area contributed by atoms with Gasteiger partial charge < -0.3 is 10.5 Å². The third-order valence-corrected chi connectivity index (χ3v) is 4.71. The highest BCUT2D eigenvalue weighted by Crippen LogP contribution is 2.25. The number of likely N-dealkylation sites (N-methyl/N-ethyl adjacent to an activating group) is 1. The Hall–Kier alpha value is -1.25. The van der Waals surface area contributed by atoms with Crippen molar-refractivity contribution in [2.24, 2.45) is 0 Å². The molecule has 1 aromatic rings. The third kappa shape index (κ3) is 3.20. The zero-order valence-electron chi connectivity index (χ0n) is 10.9. The van der Waals surface area contributed by atoms with Crippen LogP contribution >= 0.6 is 0 Å². The summed E-state index contributed by atoms with van der Waals surface area (Å²) >= 11 is 0. The van der Waals surface area contributed by atoms with Gasteiger partial charge in [0.25, 0.3) is 0 Å². The van der Waals surface area contributed by atoms with Crippen molar-refractivity contribution in [1.82, 2.24) is 4.31 Å². The van der Waals surface area contributed by atoms with Gasteiger partial charge in [0.1, 0.15) is 11.6 Å². The Labute approximate surface area is 111 Å². The Morgan fingerprint density at radius 2 is 1.84 bits per heavy atom. The third-order valence-electron chi connectivity index (χ3n) is 2.69. The maximum Gasteiger partial charge on any atom is 0.248 e. The quantitative estimate of drug-likeness (QED) is 0.828. The van der Waals surface area contributed by atoms with E-state index in [2.05, 4.69) is 0 Å². The fourth-order valence-corrected chi connectivity index (χ4v) is 2.99. The highest BCUT2D eigenvalue weighted by Gasteiger charge is 2.31. The Kier molecular flexibility index (Phi) is 4.83. The van der Waals surface area contributed by atoms with Crippen LogP contribution in [0.3, 0.4) is 0 Å². The summed E-state index contributed by atoms with van der Waals surface area (Å²) in [5.41, 5.74) is 5.07. The average molecular weight is 294 g/mol. The summed E-state index contributed by atoms with van der Waals surface area (Å²) in [5, 5.41) is 0. The highest BCUT2D eigenvalue weighted by molar-refractivity contribution is 7.89.